The van der Waals surface area contributed by atoms with Crippen LogP contribution in [-0.2, 0) is 6.54 Å². The lowest BCUT2D eigenvalue weighted by atomic mass is 10.1. The van der Waals surface area contributed by atoms with E-state index in [0.717, 1.165) is 47.1 Å². The van der Waals surface area contributed by atoms with Crippen molar-refractivity contribution in [2.24, 2.45) is 4.99 Å². The largest absolute Gasteiger partial charge is 0.395 e. The van der Waals surface area contributed by atoms with Crippen molar-refractivity contribution < 1.29 is 14.8 Å². The van der Waals surface area contributed by atoms with Gasteiger partial charge in [0.05, 0.1) is 13.2 Å². The number of thioether (sulfide) groups is 1. The first-order valence-corrected chi connectivity index (χ1v) is 12.3. The summed E-state index contributed by atoms with van der Waals surface area (Å²) < 4.78 is 2.22. The molecule has 0 fully saturated rings. The highest BCUT2D eigenvalue weighted by atomic mass is 32.2. The van der Waals surface area contributed by atoms with E-state index in [-0.39, 0.29) is 13.2 Å². The van der Waals surface area contributed by atoms with E-state index in [2.05, 4.69) is 64.9 Å². The molecule has 6 nitrogen and oxygen atoms in total. The second-order valence-electron chi connectivity index (χ2n) is 7.58. The quantitative estimate of drug-likeness (QED) is 0.203. The summed E-state index contributed by atoms with van der Waals surface area (Å²) >= 11 is 1.76. The van der Waals surface area contributed by atoms with Crippen LogP contribution >= 0.6 is 11.8 Å². The molecule has 1 heterocycles. The molecule has 1 aromatic carbocycles. The summed E-state index contributed by atoms with van der Waals surface area (Å²) in [6, 6.07) is 12.4. The molecular formula is C26H37N4O2S+. The number of anilines is 1. The van der Waals surface area contributed by atoms with Crippen LogP contribution in [0.25, 0.3) is 12.2 Å². The molecule has 178 valence electrons. The van der Waals surface area contributed by atoms with Gasteiger partial charge in [-0.2, -0.15) is 0 Å². The van der Waals surface area contributed by atoms with E-state index in [1.54, 1.807) is 18.0 Å². The third-order valence-electron chi connectivity index (χ3n) is 5.19. The lowest BCUT2D eigenvalue weighted by Crippen LogP contribution is -2.32. The fraction of sp³-hybridized carbons (Fsp3) is 0.385. The number of hydrogen-bond donors (Lipinski definition) is 2. The molecule has 0 spiro atoms. The van der Waals surface area contributed by atoms with Crippen molar-refractivity contribution in [1.29, 1.82) is 0 Å². The maximum absolute atomic E-state index is 9.19. The highest BCUT2D eigenvalue weighted by Gasteiger charge is 2.06. The zero-order chi connectivity index (χ0) is 23.9. The summed E-state index contributed by atoms with van der Waals surface area (Å²) in [5.41, 5.74) is 3.27. The third-order valence-corrected chi connectivity index (χ3v) is 6.41. The number of aliphatic hydroxyl groups is 2. The van der Waals surface area contributed by atoms with E-state index < -0.39 is 0 Å². The molecule has 0 unspecified atom stereocenters. The summed E-state index contributed by atoms with van der Waals surface area (Å²) in [7, 11) is 3.78. The minimum absolute atomic E-state index is 0.0660. The van der Waals surface area contributed by atoms with E-state index >= 15 is 0 Å². The highest BCUT2D eigenvalue weighted by Crippen LogP contribution is 2.16. The molecule has 0 bridgehead atoms. The predicted octanol–water partition coefficient (Wildman–Crippen LogP) is 3.51. The van der Waals surface area contributed by atoms with Crippen LogP contribution in [0.1, 0.15) is 24.0 Å². The van der Waals surface area contributed by atoms with E-state index in [1.165, 1.54) is 0 Å². The number of pyridine rings is 1. The number of amidine groups is 1. The predicted molar refractivity (Wildman–Crippen MR) is 141 cm³/mol. The Labute approximate surface area is 202 Å². The lowest BCUT2D eigenvalue weighted by molar-refractivity contribution is -0.697. The molecule has 2 aromatic rings. The Morgan fingerprint density at radius 1 is 1.00 bits per heavy atom. The Morgan fingerprint density at radius 3 is 2.15 bits per heavy atom. The second kappa shape index (κ2) is 15.3. The number of unbranched alkanes of at least 4 members (excludes halogenated alkanes) is 1. The second-order valence-corrected chi connectivity index (χ2v) is 8.65. The van der Waals surface area contributed by atoms with Gasteiger partial charge in [-0.3, -0.25) is 4.99 Å². The van der Waals surface area contributed by atoms with E-state index in [1.807, 2.05) is 36.0 Å². The van der Waals surface area contributed by atoms with Crippen molar-refractivity contribution in [3.8, 4) is 0 Å². The van der Waals surface area contributed by atoms with Crippen molar-refractivity contribution in [3.63, 3.8) is 0 Å². The Kier molecular flexibility index (Phi) is 12.3. The maximum atomic E-state index is 9.19. The van der Waals surface area contributed by atoms with Crippen LogP contribution in [0.4, 0.5) is 5.69 Å². The van der Waals surface area contributed by atoms with Gasteiger partial charge in [-0.25, -0.2) is 4.57 Å². The molecule has 1 aromatic heterocycles. The highest BCUT2D eigenvalue weighted by molar-refractivity contribution is 8.13. The molecule has 7 heteroatoms. The Bertz CT molecular complexity index is 876. The SMILES string of the molecule is C=CN(C)/C(=N/C)SCCCC[n+]1ccc(/C=C/c2ccc(N(CCO)CCO)cc2)cc1. The number of aryl methyl sites for hydroxylation is 1. The van der Waals surface area contributed by atoms with Crippen LogP contribution in [0.2, 0.25) is 0 Å². The van der Waals surface area contributed by atoms with Crippen molar-refractivity contribution >= 4 is 34.8 Å². The smallest absolute Gasteiger partial charge is 0.169 e. The van der Waals surface area contributed by atoms with Crippen LogP contribution in [0.5, 0.6) is 0 Å². The Balaban J connectivity index is 1.80. The van der Waals surface area contributed by atoms with Crippen molar-refractivity contribution in [1.82, 2.24) is 4.90 Å². The Morgan fingerprint density at radius 2 is 1.61 bits per heavy atom. The van der Waals surface area contributed by atoms with Gasteiger partial charge in [0, 0.05) is 57.2 Å². The van der Waals surface area contributed by atoms with Gasteiger partial charge in [0.15, 0.2) is 17.6 Å². The zero-order valence-corrected chi connectivity index (χ0v) is 20.6. The number of aliphatic imine (C=N–C) groups is 1. The van der Waals surface area contributed by atoms with Crippen molar-refractivity contribution in [3.05, 3.63) is 72.7 Å². The first-order valence-electron chi connectivity index (χ1n) is 11.3. The fourth-order valence-corrected chi connectivity index (χ4v) is 4.23. The molecule has 33 heavy (non-hydrogen) atoms. The summed E-state index contributed by atoms with van der Waals surface area (Å²) in [6.07, 6.45) is 12.5. The van der Waals surface area contributed by atoms with Gasteiger partial charge in [0.2, 0.25) is 0 Å². The first kappa shape index (κ1) is 26.6. The third kappa shape index (κ3) is 9.42. The number of rotatable bonds is 13. The summed E-state index contributed by atoms with van der Waals surface area (Å²) in [5, 5.41) is 19.4. The zero-order valence-electron chi connectivity index (χ0n) is 19.8. The van der Waals surface area contributed by atoms with Crippen LogP contribution in [-0.4, -0.2) is 66.4 Å². The standard InChI is InChI=1S/C26H37N4O2S/c1-4-28(3)26(27-2)33-22-6-5-15-29-16-13-24(14-17-29)8-7-23-9-11-25(12-10-23)30(18-20-31)19-21-32/h4,7-14,16-17,31-32H,1,5-6,15,18-22H2,2-3H3/q+1/b27-26-. The average Bonchev–Trinajstić information content (AvgIpc) is 2.85. The lowest BCUT2D eigenvalue weighted by Gasteiger charge is -2.22. The van der Waals surface area contributed by atoms with Crippen molar-refractivity contribution in [2.45, 2.75) is 19.4 Å². The van der Waals surface area contributed by atoms with Crippen LogP contribution < -0.4 is 9.47 Å². The Hall–Kier alpha value is -2.61. The summed E-state index contributed by atoms with van der Waals surface area (Å²) in [4.78, 5) is 8.21. The van der Waals surface area contributed by atoms with Gasteiger partial charge in [0.1, 0.15) is 6.54 Å². The monoisotopic (exact) mass is 469 g/mol. The molecule has 2 rings (SSSR count). The maximum Gasteiger partial charge on any atom is 0.169 e. The molecular weight excluding hydrogens is 432 g/mol. The number of nitrogens with zero attached hydrogens (tertiary/aromatic N) is 4. The molecule has 0 saturated carbocycles. The number of hydrogen-bond acceptors (Lipinski definition) is 5. The summed E-state index contributed by atoms with van der Waals surface area (Å²) in [5.74, 6) is 1.04. The number of benzene rings is 1. The van der Waals surface area contributed by atoms with Gasteiger partial charge in [0.25, 0.3) is 0 Å². The van der Waals surface area contributed by atoms with E-state index in [4.69, 9.17) is 0 Å². The van der Waals surface area contributed by atoms with Gasteiger partial charge in [-0.15, -0.1) is 0 Å². The van der Waals surface area contributed by atoms with Gasteiger partial charge in [-0.1, -0.05) is 42.6 Å². The number of aromatic nitrogens is 1. The molecule has 0 aliphatic rings. The van der Waals surface area contributed by atoms with Gasteiger partial charge in [-0.05, 0) is 35.9 Å². The van der Waals surface area contributed by atoms with Crippen LogP contribution in [0, 0.1) is 0 Å². The molecule has 2 N–H and O–H groups in total. The first-order chi connectivity index (χ1) is 16.1. The molecule has 0 aliphatic heterocycles. The molecule has 0 amide bonds. The van der Waals surface area contributed by atoms with Crippen LogP contribution in [0.3, 0.4) is 0 Å². The van der Waals surface area contributed by atoms with Crippen LogP contribution in [0.15, 0.2) is 66.6 Å². The van der Waals surface area contributed by atoms with Crippen molar-refractivity contribution in [2.75, 3.05) is 51.1 Å². The molecule has 0 atom stereocenters. The van der Waals surface area contributed by atoms with Gasteiger partial charge >= 0.3 is 0 Å². The summed E-state index contributed by atoms with van der Waals surface area (Å²) in [6.45, 7) is 5.94. The number of aliphatic hydroxyl groups excluding tert-OH is 2. The molecule has 0 radical (unpaired) electrons. The van der Waals surface area contributed by atoms with E-state index in [0.29, 0.717) is 13.1 Å². The topological polar surface area (TPSA) is 63.2 Å². The fourth-order valence-electron chi connectivity index (χ4n) is 3.29. The molecule has 0 aliphatic carbocycles. The molecule has 0 saturated heterocycles. The van der Waals surface area contributed by atoms with Gasteiger partial charge < -0.3 is 20.0 Å². The minimum Gasteiger partial charge on any atom is -0.395 e. The van der Waals surface area contributed by atoms with E-state index in [9.17, 15) is 10.2 Å². The average molecular weight is 470 g/mol. The normalized spacial score (nSPS) is 11.7. The minimum atomic E-state index is 0.0660.